The van der Waals surface area contributed by atoms with Crippen molar-refractivity contribution in [2.45, 2.75) is 0 Å². The third kappa shape index (κ3) is 1.52. The quantitative estimate of drug-likeness (QED) is 0.500. The van der Waals surface area contributed by atoms with Crippen LogP contribution in [-0.2, 0) is 7.05 Å². The number of hydrogen-bond acceptors (Lipinski definition) is 4. The summed E-state index contributed by atoms with van der Waals surface area (Å²) >= 11 is 1.28. The molecule has 3 aromatic rings. The fourth-order valence-electron chi connectivity index (χ4n) is 2.73. The number of hydrogen-bond donors (Lipinski definition) is 0. The first-order valence-electron chi connectivity index (χ1n) is 6.40. The molecule has 1 aliphatic carbocycles. The topological polar surface area (TPSA) is 56.1 Å². The minimum atomic E-state index is -0.199. The summed E-state index contributed by atoms with van der Waals surface area (Å²) in [6, 6.07) is 10.0. The van der Waals surface area contributed by atoms with Gasteiger partial charge in [-0.1, -0.05) is 35.8 Å². The van der Waals surface area contributed by atoms with Crippen molar-refractivity contribution in [3.63, 3.8) is 0 Å². The Labute approximate surface area is 123 Å². The van der Waals surface area contributed by atoms with E-state index in [1.807, 2.05) is 0 Å². The number of carbonyl (C=O) groups is 2. The van der Waals surface area contributed by atoms with E-state index < -0.39 is 0 Å². The molecule has 4 nitrogen and oxygen atoms in total. The molecular weight excluding hydrogens is 286 g/mol. The van der Waals surface area contributed by atoms with E-state index >= 15 is 0 Å². The Morgan fingerprint density at radius 2 is 1.43 bits per heavy atom. The molecule has 0 N–H and O–H groups in total. The molecule has 0 saturated carbocycles. The van der Waals surface area contributed by atoms with Crippen LogP contribution in [0, 0.1) is 0 Å². The molecule has 0 aliphatic heterocycles. The normalized spacial score (nSPS) is 13.4. The van der Waals surface area contributed by atoms with Gasteiger partial charge in [-0.25, -0.2) is 0 Å². The van der Waals surface area contributed by atoms with Gasteiger partial charge < -0.3 is 0 Å². The second-order valence-electron chi connectivity index (χ2n) is 4.99. The number of rotatable bonds is 0. The number of nitrogens with zero attached hydrogens (tertiary/aromatic N) is 1. The molecule has 0 radical (unpaired) electrons. The predicted molar refractivity (Wildman–Crippen MR) is 80.4 cm³/mol. The molecule has 0 unspecified atom stereocenters. The maximum atomic E-state index is 12.6. The Balaban J connectivity index is 2.11. The lowest BCUT2D eigenvalue weighted by Crippen LogP contribution is -2.21. The number of fused-ring (bicyclic) bond motifs is 3. The number of benzene rings is 2. The fourth-order valence-corrected chi connectivity index (χ4v) is 3.62. The van der Waals surface area contributed by atoms with E-state index in [9.17, 15) is 14.4 Å². The highest BCUT2D eigenvalue weighted by molar-refractivity contribution is 7.13. The summed E-state index contributed by atoms with van der Waals surface area (Å²) in [7, 11) is 1.67. The van der Waals surface area contributed by atoms with E-state index in [2.05, 4.69) is 0 Å². The summed E-state index contributed by atoms with van der Waals surface area (Å²) in [5.41, 5.74) is 1.39. The van der Waals surface area contributed by atoms with Crippen LogP contribution in [0.15, 0.2) is 41.2 Å². The lowest BCUT2D eigenvalue weighted by Gasteiger charge is -2.16. The van der Waals surface area contributed by atoms with Gasteiger partial charge in [-0.15, -0.1) is 0 Å². The summed E-state index contributed by atoms with van der Waals surface area (Å²) < 4.78 is 2.22. The Bertz CT molecular complexity index is 1010. The van der Waals surface area contributed by atoms with Crippen LogP contribution >= 0.6 is 11.5 Å². The van der Waals surface area contributed by atoms with E-state index in [-0.39, 0.29) is 17.1 Å². The highest BCUT2D eigenvalue weighted by Gasteiger charge is 2.30. The molecule has 1 aliphatic rings. The predicted octanol–water partition coefficient (Wildman–Crippen LogP) is 2.38. The molecule has 4 rings (SSSR count). The highest BCUT2D eigenvalue weighted by Crippen LogP contribution is 2.30. The molecule has 2 aromatic carbocycles. The van der Waals surface area contributed by atoms with E-state index in [1.54, 1.807) is 43.4 Å². The molecule has 1 aromatic heterocycles. The van der Waals surface area contributed by atoms with Gasteiger partial charge >= 0.3 is 0 Å². The maximum absolute atomic E-state index is 12.6. The zero-order chi connectivity index (χ0) is 14.7. The first-order valence-corrected chi connectivity index (χ1v) is 7.18. The highest BCUT2D eigenvalue weighted by atomic mass is 32.1. The van der Waals surface area contributed by atoms with Crippen LogP contribution in [0.5, 0.6) is 0 Å². The van der Waals surface area contributed by atoms with E-state index in [0.29, 0.717) is 27.6 Å². The Hall–Kier alpha value is -2.53. The number of ketones is 2. The smallest absolute Gasteiger partial charge is 0.268 e. The molecule has 0 bridgehead atoms. The third-order valence-corrected chi connectivity index (χ3v) is 4.75. The van der Waals surface area contributed by atoms with Crippen LogP contribution in [0.2, 0.25) is 0 Å². The SMILES string of the molecule is Cn1sc2cc3c(cc2c1=O)C(=O)c1ccccc1C3=O. The summed E-state index contributed by atoms with van der Waals surface area (Å²) in [6.07, 6.45) is 0. The fraction of sp³-hybridized carbons (Fsp3) is 0.0625. The monoisotopic (exact) mass is 295 g/mol. The average molecular weight is 295 g/mol. The molecule has 5 heteroatoms. The van der Waals surface area contributed by atoms with Gasteiger partial charge in [0.2, 0.25) is 0 Å². The molecule has 0 amide bonds. The van der Waals surface area contributed by atoms with E-state index in [0.717, 1.165) is 4.70 Å². The zero-order valence-electron chi connectivity index (χ0n) is 11.0. The Morgan fingerprint density at radius 3 is 2.05 bits per heavy atom. The van der Waals surface area contributed by atoms with Crippen molar-refractivity contribution in [1.29, 1.82) is 0 Å². The van der Waals surface area contributed by atoms with Crippen molar-refractivity contribution >= 4 is 33.2 Å². The molecule has 0 spiro atoms. The van der Waals surface area contributed by atoms with Gasteiger partial charge in [0.05, 0.1) is 10.1 Å². The van der Waals surface area contributed by atoms with Crippen LogP contribution in [0.25, 0.3) is 10.1 Å². The largest absolute Gasteiger partial charge is 0.289 e. The third-order valence-electron chi connectivity index (χ3n) is 3.78. The van der Waals surface area contributed by atoms with Gasteiger partial charge in [0.15, 0.2) is 11.6 Å². The van der Waals surface area contributed by atoms with Crippen molar-refractivity contribution in [3.05, 3.63) is 69.0 Å². The van der Waals surface area contributed by atoms with Gasteiger partial charge in [-0.2, -0.15) is 0 Å². The molecule has 102 valence electrons. The number of carbonyl (C=O) groups excluding carboxylic acids is 2. The van der Waals surface area contributed by atoms with Gasteiger partial charge in [-0.3, -0.25) is 18.3 Å². The van der Waals surface area contributed by atoms with Gasteiger partial charge in [0.1, 0.15) is 0 Å². The van der Waals surface area contributed by atoms with E-state index in [1.165, 1.54) is 15.5 Å². The average Bonchev–Trinajstić information content (AvgIpc) is 2.78. The number of aromatic nitrogens is 1. The van der Waals surface area contributed by atoms with E-state index in [4.69, 9.17) is 0 Å². The summed E-state index contributed by atoms with van der Waals surface area (Å²) in [5.74, 6) is -0.360. The molecule has 1 heterocycles. The molecule has 0 atom stereocenters. The zero-order valence-corrected chi connectivity index (χ0v) is 11.9. The van der Waals surface area contributed by atoms with Gasteiger partial charge in [0.25, 0.3) is 5.56 Å². The van der Waals surface area contributed by atoms with Gasteiger partial charge in [-0.05, 0) is 12.1 Å². The Morgan fingerprint density at radius 1 is 0.857 bits per heavy atom. The standard InChI is InChI=1S/C16H9NO3S/c1-17-16(20)12-6-10-11(7-13(12)21-17)15(19)9-5-3-2-4-8(9)14(10)18/h2-7H,1H3. The lowest BCUT2D eigenvalue weighted by atomic mass is 9.84. The van der Waals surface area contributed by atoms with Crippen LogP contribution < -0.4 is 5.56 Å². The van der Waals surface area contributed by atoms with Crippen LogP contribution in [-0.4, -0.2) is 15.5 Å². The molecule has 0 fully saturated rings. The van der Waals surface area contributed by atoms with Crippen LogP contribution in [0.1, 0.15) is 31.8 Å². The first kappa shape index (κ1) is 12.2. The van der Waals surface area contributed by atoms with Gasteiger partial charge in [0, 0.05) is 29.3 Å². The lowest BCUT2D eigenvalue weighted by molar-refractivity contribution is 0.0979. The minimum absolute atomic E-state index is 0.142. The maximum Gasteiger partial charge on any atom is 0.268 e. The van der Waals surface area contributed by atoms with Crippen molar-refractivity contribution in [3.8, 4) is 0 Å². The molecule has 0 saturated heterocycles. The first-order chi connectivity index (χ1) is 10.1. The summed E-state index contributed by atoms with van der Waals surface area (Å²) in [4.78, 5) is 37.1. The van der Waals surface area contributed by atoms with Crippen molar-refractivity contribution in [2.75, 3.05) is 0 Å². The Kier molecular flexibility index (Phi) is 2.32. The van der Waals surface area contributed by atoms with Crippen molar-refractivity contribution in [2.24, 2.45) is 7.05 Å². The molecule has 21 heavy (non-hydrogen) atoms. The molecular formula is C16H9NO3S. The van der Waals surface area contributed by atoms with Crippen molar-refractivity contribution in [1.82, 2.24) is 3.96 Å². The van der Waals surface area contributed by atoms with Crippen LogP contribution in [0.4, 0.5) is 0 Å². The summed E-state index contributed by atoms with van der Waals surface area (Å²) in [5, 5.41) is 0.488. The van der Waals surface area contributed by atoms with Crippen molar-refractivity contribution < 1.29 is 9.59 Å². The minimum Gasteiger partial charge on any atom is -0.289 e. The second kappa shape index (κ2) is 3.99. The summed E-state index contributed by atoms with van der Waals surface area (Å²) in [6.45, 7) is 0. The van der Waals surface area contributed by atoms with Crippen LogP contribution in [0.3, 0.4) is 0 Å². The number of aryl methyl sites for hydroxylation is 1. The second-order valence-corrected chi connectivity index (χ2v) is 6.16.